The molecule has 1 fully saturated rings. The Morgan fingerprint density at radius 1 is 1.29 bits per heavy atom. The Morgan fingerprint density at radius 2 is 2.00 bits per heavy atom. The molecule has 2 heterocycles. The highest BCUT2D eigenvalue weighted by molar-refractivity contribution is 5.77. The van der Waals surface area contributed by atoms with Crippen LogP contribution in [0, 0.1) is 0 Å². The molecule has 1 saturated heterocycles. The normalized spacial score (nSPS) is 26.5. The van der Waals surface area contributed by atoms with Crippen LogP contribution < -0.4 is 10.6 Å². The lowest BCUT2D eigenvalue weighted by atomic mass is 9.86. The molecule has 6 nitrogen and oxygen atoms in total. The van der Waals surface area contributed by atoms with Crippen LogP contribution in [0.4, 0.5) is 4.79 Å². The molecule has 2 aliphatic rings. The number of alkyl carbamates (subject to hydrolysis) is 1. The molecule has 0 aliphatic carbocycles. The zero-order valence-electron chi connectivity index (χ0n) is 13.7. The third-order valence-electron chi connectivity index (χ3n) is 4.35. The SMILES string of the molecule is C=CCCC(=O)N[C@H]1[C@H](OC(=O)NCC)[C@@H]2O[C@H]1c1ccccc12. The van der Waals surface area contributed by atoms with E-state index in [9.17, 15) is 9.59 Å². The molecule has 0 unspecified atom stereocenters. The van der Waals surface area contributed by atoms with E-state index >= 15 is 0 Å². The molecule has 0 spiro atoms. The zero-order chi connectivity index (χ0) is 17.1. The Balaban J connectivity index is 1.80. The van der Waals surface area contributed by atoms with Gasteiger partial charge in [-0.25, -0.2) is 4.79 Å². The van der Waals surface area contributed by atoms with E-state index in [1.807, 2.05) is 31.2 Å². The topological polar surface area (TPSA) is 76.7 Å². The first kappa shape index (κ1) is 16.5. The van der Waals surface area contributed by atoms with E-state index in [2.05, 4.69) is 17.2 Å². The molecule has 3 rings (SSSR count). The van der Waals surface area contributed by atoms with E-state index in [0.717, 1.165) is 11.1 Å². The number of benzene rings is 1. The molecule has 2 N–H and O–H groups in total. The predicted octanol–water partition coefficient (Wildman–Crippen LogP) is 2.38. The number of hydrogen-bond donors (Lipinski definition) is 2. The third kappa shape index (κ3) is 3.01. The Kier molecular flexibility index (Phi) is 4.85. The number of hydrogen-bond acceptors (Lipinski definition) is 4. The van der Waals surface area contributed by atoms with Gasteiger partial charge in [-0.1, -0.05) is 30.3 Å². The van der Waals surface area contributed by atoms with E-state index in [0.29, 0.717) is 19.4 Å². The molecule has 6 heteroatoms. The number of nitrogens with one attached hydrogen (secondary N) is 2. The van der Waals surface area contributed by atoms with E-state index < -0.39 is 12.2 Å². The number of fused-ring (bicyclic) bond motifs is 5. The lowest BCUT2D eigenvalue weighted by Gasteiger charge is -2.29. The molecule has 2 bridgehead atoms. The molecule has 0 saturated carbocycles. The van der Waals surface area contributed by atoms with Crippen LogP contribution in [-0.4, -0.2) is 30.7 Å². The average Bonchev–Trinajstić information content (AvgIpc) is 3.11. The summed E-state index contributed by atoms with van der Waals surface area (Å²) < 4.78 is 11.6. The molecule has 4 atom stereocenters. The van der Waals surface area contributed by atoms with Gasteiger partial charge < -0.3 is 20.1 Å². The fourth-order valence-corrected chi connectivity index (χ4v) is 3.32. The molecular weight excluding hydrogens is 308 g/mol. The van der Waals surface area contributed by atoms with Gasteiger partial charge in [0.05, 0.1) is 6.04 Å². The van der Waals surface area contributed by atoms with Gasteiger partial charge in [-0.05, 0) is 24.5 Å². The standard InChI is InChI=1S/C18H22N2O4/c1-3-5-10-13(21)20-14-15-11-8-6-7-9-12(11)16(23-15)17(14)24-18(22)19-4-2/h3,6-9,14-17H,1,4-5,10H2,2H3,(H,19,22)(H,20,21)/t14-,15+,16-,17+/m1/s1. The minimum absolute atomic E-state index is 0.0990. The van der Waals surface area contributed by atoms with Crippen LogP contribution in [0.5, 0.6) is 0 Å². The van der Waals surface area contributed by atoms with E-state index in [1.165, 1.54) is 0 Å². The number of amides is 2. The highest BCUT2D eigenvalue weighted by Crippen LogP contribution is 2.51. The van der Waals surface area contributed by atoms with Crippen LogP contribution in [0.15, 0.2) is 36.9 Å². The largest absolute Gasteiger partial charge is 0.441 e. The van der Waals surface area contributed by atoms with Gasteiger partial charge in [0.25, 0.3) is 0 Å². The maximum atomic E-state index is 12.1. The molecular formula is C18H22N2O4. The maximum Gasteiger partial charge on any atom is 0.407 e. The van der Waals surface area contributed by atoms with Gasteiger partial charge in [-0.3, -0.25) is 4.79 Å². The molecule has 0 radical (unpaired) electrons. The highest BCUT2D eigenvalue weighted by Gasteiger charge is 2.54. The number of carbonyl (C=O) groups excluding carboxylic acids is 2. The van der Waals surface area contributed by atoms with Crippen LogP contribution in [0.1, 0.15) is 43.1 Å². The number of carbonyl (C=O) groups is 2. The molecule has 2 aliphatic heterocycles. The molecule has 1 aromatic carbocycles. The first-order valence-electron chi connectivity index (χ1n) is 8.24. The van der Waals surface area contributed by atoms with Crippen LogP contribution in [-0.2, 0) is 14.3 Å². The number of ether oxygens (including phenoxy) is 2. The van der Waals surface area contributed by atoms with Crippen molar-refractivity contribution < 1.29 is 19.1 Å². The van der Waals surface area contributed by atoms with E-state index in [1.54, 1.807) is 6.08 Å². The van der Waals surface area contributed by atoms with E-state index in [-0.39, 0.29) is 24.2 Å². The fourth-order valence-electron chi connectivity index (χ4n) is 3.32. The van der Waals surface area contributed by atoms with Crippen molar-refractivity contribution in [2.75, 3.05) is 6.54 Å². The zero-order valence-corrected chi connectivity index (χ0v) is 13.7. The van der Waals surface area contributed by atoms with Crippen molar-refractivity contribution in [3.05, 3.63) is 48.0 Å². The highest BCUT2D eigenvalue weighted by atomic mass is 16.6. The van der Waals surface area contributed by atoms with Crippen molar-refractivity contribution >= 4 is 12.0 Å². The molecule has 0 aromatic heterocycles. The molecule has 128 valence electrons. The monoisotopic (exact) mass is 330 g/mol. The van der Waals surface area contributed by atoms with Gasteiger partial charge in [-0.2, -0.15) is 0 Å². The van der Waals surface area contributed by atoms with Crippen LogP contribution >= 0.6 is 0 Å². The summed E-state index contributed by atoms with van der Waals surface area (Å²) in [5.74, 6) is -0.0990. The summed E-state index contributed by atoms with van der Waals surface area (Å²) in [6, 6.07) is 7.46. The van der Waals surface area contributed by atoms with E-state index in [4.69, 9.17) is 9.47 Å². The Morgan fingerprint density at radius 3 is 2.67 bits per heavy atom. The Hall–Kier alpha value is -2.34. The summed E-state index contributed by atoms with van der Waals surface area (Å²) in [6.45, 7) is 5.93. The number of rotatable bonds is 6. The van der Waals surface area contributed by atoms with Gasteiger partial charge in [0.1, 0.15) is 12.2 Å². The second kappa shape index (κ2) is 7.05. The van der Waals surface area contributed by atoms with Crippen molar-refractivity contribution in [2.24, 2.45) is 0 Å². The minimum atomic E-state index is -0.538. The second-order valence-electron chi connectivity index (χ2n) is 5.93. The van der Waals surface area contributed by atoms with Gasteiger partial charge in [0.2, 0.25) is 5.91 Å². The van der Waals surface area contributed by atoms with Gasteiger partial charge >= 0.3 is 6.09 Å². The quantitative estimate of drug-likeness (QED) is 0.785. The first-order chi connectivity index (χ1) is 11.7. The third-order valence-corrected chi connectivity index (χ3v) is 4.35. The summed E-state index contributed by atoms with van der Waals surface area (Å²) in [6.07, 6.45) is 0.982. The lowest BCUT2D eigenvalue weighted by molar-refractivity contribution is -0.122. The predicted molar refractivity (Wildman–Crippen MR) is 88.3 cm³/mol. The van der Waals surface area contributed by atoms with Crippen LogP contribution in [0.2, 0.25) is 0 Å². The van der Waals surface area contributed by atoms with Crippen molar-refractivity contribution in [1.82, 2.24) is 10.6 Å². The van der Waals surface area contributed by atoms with Crippen molar-refractivity contribution in [1.29, 1.82) is 0 Å². The lowest BCUT2D eigenvalue weighted by Crippen LogP contribution is -2.48. The van der Waals surface area contributed by atoms with Crippen molar-refractivity contribution in [2.45, 2.75) is 44.1 Å². The van der Waals surface area contributed by atoms with Crippen LogP contribution in [0.25, 0.3) is 0 Å². The molecule has 2 amide bonds. The smallest absolute Gasteiger partial charge is 0.407 e. The Labute approximate surface area is 141 Å². The van der Waals surface area contributed by atoms with Crippen LogP contribution in [0.3, 0.4) is 0 Å². The summed E-state index contributed by atoms with van der Waals surface area (Å²) in [5, 5.41) is 5.59. The first-order valence-corrected chi connectivity index (χ1v) is 8.24. The molecule has 1 aromatic rings. The summed E-state index contributed by atoms with van der Waals surface area (Å²) in [7, 11) is 0. The van der Waals surface area contributed by atoms with Crippen molar-refractivity contribution in [3.63, 3.8) is 0 Å². The average molecular weight is 330 g/mol. The fraction of sp³-hybridized carbons (Fsp3) is 0.444. The summed E-state index contributed by atoms with van der Waals surface area (Å²) in [4.78, 5) is 24.0. The summed E-state index contributed by atoms with van der Waals surface area (Å²) in [5.41, 5.74) is 2.07. The maximum absolute atomic E-state index is 12.1. The minimum Gasteiger partial charge on any atom is -0.441 e. The van der Waals surface area contributed by atoms with Gasteiger partial charge in [-0.15, -0.1) is 6.58 Å². The van der Waals surface area contributed by atoms with Gasteiger partial charge in [0, 0.05) is 13.0 Å². The summed E-state index contributed by atoms with van der Waals surface area (Å²) >= 11 is 0. The number of allylic oxidation sites excluding steroid dienone is 1. The second-order valence-corrected chi connectivity index (χ2v) is 5.93. The Bertz CT molecular complexity index is 646. The molecule has 24 heavy (non-hydrogen) atoms. The van der Waals surface area contributed by atoms with Crippen molar-refractivity contribution in [3.8, 4) is 0 Å². The van der Waals surface area contributed by atoms with Gasteiger partial charge in [0.15, 0.2) is 6.10 Å².